The number of carbonyl (C=O) groups is 1. The van der Waals surface area contributed by atoms with Crippen molar-refractivity contribution in [1.29, 1.82) is 0 Å². The lowest BCUT2D eigenvalue weighted by atomic mass is 9.98. The zero-order chi connectivity index (χ0) is 29.1. The molecule has 1 fully saturated rings. The third-order valence-corrected chi connectivity index (χ3v) is 7.88. The van der Waals surface area contributed by atoms with Crippen LogP contribution in [0, 0.1) is 0 Å². The van der Waals surface area contributed by atoms with Gasteiger partial charge in [0.05, 0.1) is 24.7 Å². The van der Waals surface area contributed by atoms with Crippen LogP contribution in [0.2, 0.25) is 0 Å². The second kappa shape index (κ2) is 12.2. The number of pyridine rings is 1. The van der Waals surface area contributed by atoms with Crippen LogP contribution < -0.4 is 14.9 Å². The average Bonchev–Trinajstić information content (AvgIpc) is 3.42. The predicted octanol–water partition coefficient (Wildman–Crippen LogP) is 3.98. The van der Waals surface area contributed by atoms with Crippen molar-refractivity contribution in [2.45, 2.75) is 70.9 Å². The van der Waals surface area contributed by atoms with E-state index >= 15 is 4.39 Å². The maximum absolute atomic E-state index is 16.0. The van der Waals surface area contributed by atoms with Gasteiger partial charge in [-0.2, -0.15) is 5.09 Å². The Kier molecular flexibility index (Phi) is 9.11. The van der Waals surface area contributed by atoms with Crippen LogP contribution in [0.15, 0.2) is 48.9 Å². The van der Waals surface area contributed by atoms with Crippen molar-refractivity contribution in [2.75, 3.05) is 18.5 Å². The molecule has 14 heteroatoms. The summed E-state index contributed by atoms with van der Waals surface area (Å²) in [7, 11) is -4.25. The molecule has 0 spiro atoms. The van der Waals surface area contributed by atoms with Gasteiger partial charge in [0.15, 0.2) is 17.5 Å². The van der Waals surface area contributed by atoms with Gasteiger partial charge in [0.1, 0.15) is 29.5 Å². The summed E-state index contributed by atoms with van der Waals surface area (Å²) >= 11 is 0. The summed E-state index contributed by atoms with van der Waals surface area (Å²) in [6.45, 7) is 8.08. The molecule has 40 heavy (non-hydrogen) atoms. The van der Waals surface area contributed by atoms with Gasteiger partial charge in [0, 0.05) is 12.7 Å². The maximum Gasteiger partial charge on any atom is 0.459 e. The molecule has 6 atom stereocenters. The van der Waals surface area contributed by atoms with Gasteiger partial charge in [-0.15, -0.1) is 0 Å². The SMILES string of the molecule is CCNc1ccnc2c1ncn2[C@@H]1O[C@H](COP(=O)(N[C@H](C)C(=O)OC(C)C)Oc2ccccc2)[C@@H](O)[C@@]1(C)F. The number of carbonyl (C=O) groups excluding carboxylic acids is 1. The molecule has 0 saturated carbocycles. The lowest BCUT2D eigenvalue weighted by molar-refractivity contribution is -0.149. The van der Waals surface area contributed by atoms with E-state index in [4.69, 9.17) is 18.5 Å². The van der Waals surface area contributed by atoms with Crippen molar-refractivity contribution < 1.29 is 37.4 Å². The third-order valence-electron chi connectivity index (χ3n) is 6.23. The number of benzene rings is 1. The van der Waals surface area contributed by atoms with Crippen LogP contribution in [0.3, 0.4) is 0 Å². The number of hydrogen-bond donors (Lipinski definition) is 3. The minimum absolute atomic E-state index is 0.205. The van der Waals surface area contributed by atoms with Crippen molar-refractivity contribution in [3.8, 4) is 5.75 Å². The molecule has 3 aromatic rings. The lowest BCUT2D eigenvalue weighted by Gasteiger charge is -2.25. The zero-order valence-electron chi connectivity index (χ0n) is 23.0. The number of aromatic nitrogens is 3. The van der Waals surface area contributed by atoms with Gasteiger partial charge in [0.2, 0.25) is 0 Å². The minimum Gasteiger partial charge on any atom is -0.462 e. The average molecular weight is 580 g/mol. The Morgan fingerprint density at radius 1 is 1.25 bits per heavy atom. The van der Waals surface area contributed by atoms with E-state index in [2.05, 4.69) is 20.4 Å². The number of aliphatic hydroxyl groups excluding tert-OH is 1. The van der Waals surface area contributed by atoms with Crippen LogP contribution >= 0.6 is 7.75 Å². The first-order chi connectivity index (χ1) is 18.9. The Labute approximate surface area is 231 Å². The molecule has 4 rings (SSSR count). The first-order valence-corrected chi connectivity index (χ1v) is 14.5. The van der Waals surface area contributed by atoms with E-state index < -0.39 is 56.6 Å². The molecule has 218 valence electrons. The fourth-order valence-corrected chi connectivity index (χ4v) is 5.80. The predicted molar refractivity (Wildman–Crippen MR) is 146 cm³/mol. The number of aliphatic hydroxyl groups is 1. The molecule has 0 bridgehead atoms. The molecule has 1 aliphatic rings. The number of para-hydroxylation sites is 1. The molecule has 12 nitrogen and oxygen atoms in total. The molecule has 3 N–H and O–H groups in total. The Hall–Kier alpha value is -3.09. The highest BCUT2D eigenvalue weighted by molar-refractivity contribution is 7.52. The molecule has 1 saturated heterocycles. The molecule has 1 aromatic carbocycles. The first-order valence-electron chi connectivity index (χ1n) is 13.0. The topological polar surface area (TPSA) is 146 Å². The van der Waals surface area contributed by atoms with E-state index in [9.17, 15) is 14.5 Å². The van der Waals surface area contributed by atoms with Gasteiger partial charge in [-0.1, -0.05) is 18.2 Å². The largest absolute Gasteiger partial charge is 0.462 e. The fourth-order valence-electron chi connectivity index (χ4n) is 4.29. The number of nitrogens with one attached hydrogen (secondary N) is 2. The molecule has 0 radical (unpaired) electrons. The van der Waals surface area contributed by atoms with E-state index in [0.717, 1.165) is 5.69 Å². The summed E-state index contributed by atoms with van der Waals surface area (Å²) in [5.41, 5.74) is -0.687. The van der Waals surface area contributed by atoms with Crippen molar-refractivity contribution >= 4 is 30.6 Å². The summed E-state index contributed by atoms with van der Waals surface area (Å²) in [5.74, 6) is -0.461. The van der Waals surface area contributed by atoms with E-state index in [1.54, 1.807) is 56.4 Å². The number of halogens is 1. The van der Waals surface area contributed by atoms with Crippen molar-refractivity contribution in [1.82, 2.24) is 19.6 Å². The van der Waals surface area contributed by atoms with Crippen LogP contribution in [-0.2, 0) is 23.4 Å². The van der Waals surface area contributed by atoms with Crippen LogP contribution in [0.4, 0.5) is 10.1 Å². The fraction of sp³-hybridized carbons (Fsp3) is 0.500. The van der Waals surface area contributed by atoms with Crippen LogP contribution in [0.5, 0.6) is 5.75 Å². The number of alkyl halides is 1. The second-order valence-corrected chi connectivity index (χ2v) is 11.6. The van der Waals surface area contributed by atoms with E-state index in [1.807, 2.05) is 6.92 Å². The highest BCUT2D eigenvalue weighted by Crippen LogP contribution is 2.48. The van der Waals surface area contributed by atoms with Crippen molar-refractivity contribution in [2.24, 2.45) is 0 Å². The van der Waals surface area contributed by atoms with E-state index in [-0.39, 0.29) is 5.75 Å². The Bertz CT molecular complexity index is 1360. The normalized spacial score (nSPS) is 25.1. The number of nitrogens with zero attached hydrogens (tertiary/aromatic N) is 3. The number of esters is 1. The summed E-state index contributed by atoms with van der Waals surface area (Å²) < 4.78 is 53.5. The second-order valence-electron chi connectivity index (χ2n) is 9.87. The molecular weight excluding hydrogens is 544 g/mol. The van der Waals surface area contributed by atoms with Crippen molar-refractivity contribution in [3.05, 3.63) is 48.9 Å². The Morgan fingerprint density at radius 3 is 2.65 bits per heavy atom. The molecular formula is C26H35FN5O7P. The minimum atomic E-state index is -4.25. The number of hydrogen-bond acceptors (Lipinski definition) is 10. The van der Waals surface area contributed by atoms with Gasteiger partial charge in [-0.25, -0.2) is 18.9 Å². The monoisotopic (exact) mass is 579 g/mol. The molecule has 3 heterocycles. The lowest BCUT2D eigenvalue weighted by Crippen LogP contribution is -2.41. The van der Waals surface area contributed by atoms with Gasteiger partial charge in [-0.3, -0.25) is 13.9 Å². The standard InChI is InChI=1S/C26H35FN5O7P/c1-6-28-19-12-13-29-23-21(19)30-15-32(23)25-26(5,27)22(33)20(38-25)14-36-40(35,39-18-10-8-7-9-11-18)31-17(4)24(34)37-16(2)3/h7-13,15-17,20,22,25,33H,6,14H2,1-5H3,(H,28,29)(H,31,35)/t17-,20-,22-,25-,26-,40?/m1/s1. The number of imidazole rings is 1. The number of fused-ring (bicyclic) bond motifs is 1. The molecule has 0 aliphatic carbocycles. The zero-order valence-corrected chi connectivity index (χ0v) is 23.9. The number of rotatable bonds is 12. The highest BCUT2D eigenvalue weighted by Gasteiger charge is 2.56. The van der Waals surface area contributed by atoms with Gasteiger partial charge < -0.3 is 24.4 Å². The smallest absolute Gasteiger partial charge is 0.459 e. The van der Waals surface area contributed by atoms with Gasteiger partial charge in [-0.05, 0) is 52.8 Å². The Morgan fingerprint density at radius 2 is 1.98 bits per heavy atom. The molecule has 1 aliphatic heterocycles. The summed E-state index contributed by atoms with van der Waals surface area (Å²) in [5, 5.41) is 16.6. The third kappa shape index (κ3) is 6.45. The molecule has 1 unspecified atom stereocenters. The number of anilines is 1. The van der Waals surface area contributed by atoms with E-state index in [0.29, 0.717) is 17.7 Å². The maximum atomic E-state index is 16.0. The molecule has 2 aromatic heterocycles. The van der Waals surface area contributed by atoms with Crippen molar-refractivity contribution in [3.63, 3.8) is 0 Å². The van der Waals surface area contributed by atoms with Gasteiger partial charge >= 0.3 is 13.7 Å². The quantitative estimate of drug-likeness (QED) is 0.212. The van der Waals surface area contributed by atoms with Gasteiger partial charge in [0.25, 0.3) is 0 Å². The number of ether oxygens (including phenoxy) is 2. The highest BCUT2D eigenvalue weighted by atomic mass is 31.2. The summed E-state index contributed by atoms with van der Waals surface area (Å²) in [6.07, 6.45) is -1.66. The summed E-state index contributed by atoms with van der Waals surface area (Å²) in [6, 6.07) is 8.89. The molecule has 0 amide bonds. The summed E-state index contributed by atoms with van der Waals surface area (Å²) in [4.78, 5) is 21.1. The van der Waals surface area contributed by atoms with Crippen LogP contribution in [0.1, 0.15) is 40.8 Å². The Balaban J connectivity index is 1.54. The van der Waals surface area contributed by atoms with Crippen LogP contribution in [0.25, 0.3) is 11.2 Å². The van der Waals surface area contributed by atoms with E-state index in [1.165, 1.54) is 24.7 Å². The first kappa shape index (κ1) is 29.9. The van der Waals surface area contributed by atoms with Crippen LogP contribution in [-0.4, -0.2) is 68.8 Å².